The van der Waals surface area contributed by atoms with Crippen molar-refractivity contribution in [2.24, 2.45) is 17.8 Å². The van der Waals surface area contributed by atoms with Crippen LogP contribution in [0.15, 0.2) is 18.2 Å². The molecule has 26 heavy (non-hydrogen) atoms. The standard InChI is InChI=1S/C20H28N2O4/c1-3-8-26-17-7-6-15(11-18(17)25-2)20(24)22-21-19(23)12-16-10-13-4-5-14(16)9-13/h6-7,11,13-14,16H,3-5,8-10,12H2,1-2H3,(H,21,23)(H,22,24)/t13-,14-,16+/m1/s1. The fourth-order valence-electron chi connectivity index (χ4n) is 4.25. The van der Waals surface area contributed by atoms with Crippen molar-refractivity contribution in [1.29, 1.82) is 0 Å². The molecule has 2 aliphatic carbocycles. The molecule has 2 aliphatic rings. The molecule has 0 unspecified atom stereocenters. The van der Waals surface area contributed by atoms with Gasteiger partial charge in [0.05, 0.1) is 13.7 Å². The second kappa shape index (κ2) is 8.43. The maximum atomic E-state index is 12.3. The molecule has 0 saturated heterocycles. The summed E-state index contributed by atoms with van der Waals surface area (Å²) in [5.41, 5.74) is 5.45. The van der Waals surface area contributed by atoms with Crippen LogP contribution in [0.5, 0.6) is 11.5 Å². The van der Waals surface area contributed by atoms with Crippen LogP contribution >= 0.6 is 0 Å². The van der Waals surface area contributed by atoms with Crippen molar-refractivity contribution < 1.29 is 19.1 Å². The molecular formula is C20H28N2O4. The third-order valence-corrected chi connectivity index (χ3v) is 5.54. The predicted octanol–water partition coefficient (Wildman–Crippen LogP) is 3.07. The molecule has 6 nitrogen and oxygen atoms in total. The molecule has 0 spiro atoms. The molecule has 1 aromatic carbocycles. The highest BCUT2D eigenvalue weighted by atomic mass is 16.5. The van der Waals surface area contributed by atoms with Crippen molar-refractivity contribution in [1.82, 2.24) is 10.9 Å². The highest BCUT2D eigenvalue weighted by molar-refractivity contribution is 5.96. The van der Waals surface area contributed by atoms with E-state index in [1.165, 1.54) is 26.4 Å². The minimum Gasteiger partial charge on any atom is -0.493 e. The zero-order chi connectivity index (χ0) is 18.5. The topological polar surface area (TPSA) is 76.7 Å². The lowest BCUT2D eigenvalue weighted by Crippen LogP contribution is -2.42. The number of ether oxygens (including phenoxy) is 2. The molecule has 0 heterocycles. The van der Waals surface area contributed by atoms with Gasteiger partial charge in [-0.2, -0.15) is 0 Å². The Bertz CT molecular complexity index is 661. The summed E-state index contributed by atoms with van der Waals surface area (Å²) < 4.78 is 10.9. The highest BCUT2D eigenvalue weighted by Crippen LogP contribution is 2.49. The Morgan fingerprint density at radius 2 is 2.00 bits per heavy atom. The Balaban J connectivity index is 1.50. The molecule has 1 aromatic rings. The Hall–Kier alpha value is -2.24. The third kappa shape index (κ3) is 4.29. The normalized spacial score (nSPS) is 23.5. The first kappa shape index (κ1) is 18.5. The van der Waals surface area contributed by atoms with Crippen LogP contribution in [0.25, 0.3) is 0 Å². The fourth-order valence-corrected chi connectivity index (χ4v) is 4.25. The predicted molar refractivity (Wildman–Crippen MR) is 97.9 cm³/mol. The number of hydrogen-bond acceptors (Lipinski definition) is 4. The number of methoxy groups -OCH3 is 1. The number of amides is 2. The number of nitrogens with one attached hydrogen (secondary N) is 2. The van der Waals surface area contributed by atoms with Crippen molar-refractivity contribution in [2.75, 3.05) is 13.7 Å². The van der Waals surface area contributed by atoms with E-state index in [-0.39, 0.29) is 11.8 Å². The highest BCUT2D eigenvalue weighted by Gasteiger charge is 2.40. The SMILES string of the molecule is CCCOc1ccc(C(=O)NNC(=O)C[C@@H]2C[C@@H]3CC[C@@H]2C3)cc1OC. The summed E-state index contributed by atoms with van der Waals surface area (Å²) in [5, 5.41) is 0. The van der Waals surface area contributed by atoms with Crippen LogP contribution in [0, 0.1) is 17.8 Å². The molecule has 0 radical (unpaired) electrons. The number of rotatable bonds is 7. The zero-order valence-electron chi connectivity index (χ0n) is 15.5. The van der Waals surface area contributed by atoms with Crippen molar-refractivity contribution in [3.05, 3.63) is 23.8 Å². The van der Waals surface area contributed by atoms with Gasteiger partial charge in [-0.05, 0) is 61.6 Å². The van der Waals surface area contributed by atoms with Gasteiger partial charge in [-0.15, -0.1) is 0 Å². The number of fused-ring (bicyclic) bond motifs is 2. The Kier molecular flexibility index (Phi) is 6.01. The maximum absolute atomic E-state index is 12.3. The zero-order valence-corrected chi connectivity index (χ0v) is 15.5. The van der Waals surface area contributed by atoms with Crippen LogP contribution in [0.4, 0.5) is 0 Å². The van der Waals surface area contributed by atoms with Gasteiger partial charge in [0.2, 0.25) is 5.91 Å². The molecule has 142 valence electrons. The Morgan fingerprint density at radius 3 is 2.65 bits per heavy atom. The van der Waals surface area contributed by atoms with Crippen molar-refractivity contribution in [3.8, 4) is 11.5 Å². The summed E-state index contributed by atoms with van der Waals surface area (Å²) in [5.74, 6) is 2.60. The van der Waals surface area contributed by atoms with Gasteiger partial charge in [0, 0.05) is 12.0 Å². The van der Waals surface area contributed by atoms with Crippen molar-refractivity contribution in [3.63, 3.8) is 0 Å². The first-order valence-corrected chi connectivity index (χ1v) is 9.50. The van der Waals surface area contributed by atoms with Gasteiger partial charge in [-0.3, -0.25) is 20.4 Å². The number of carbonyl (C=O) groups is 2. The molecule has 2 bridgehead atoms. The number of benzene rings is 1. The molecule has 2 N–H and O–H groups in total. The van der Waals surface area contributed by atoms with Gasteiger partial charge < -0.3 is 9.47 Å². The molecular weight excluding hydrogens is 332 g/mol. The van der Waals surface area contributed by atoms with E-state index in [1.807, 2.05) is 6.92 Å². The van der Waals surface area contributed by atoms with E-state index >= 15 is 0 Å². The van der Waals surface area contributed by atoms with Crippen molar-refractivity contribution in [2.45, 2.75) is 45.4 Å². The van der Waals surface area contributed by atoms with Crippen LogP contribution in [0.2, 0.25) is 0 Å². The Morgan fingerprint density at radius 1 is 1.15 bits per heavy atom. The molecule has 2 saturated carbocycles. The average Bonchev–Trinajstić information content (AvgIpc) is 3.27. The minimum absolute atomic E-state index is 0.120. The number of hydrogen-bond donors (Lipinski definition) is 2. The van der Waals surface area contributed by atoms with Gasteiger partial charge in [0.25, 0.3) is 5.91 Å². The fraction of sp³-hybridized carbons (Fsp3) is 0.600. The minimum atomic E-state index is -0.369. The van der Waals surface area contributed by atoms with Gasteiger partial charge in [0.15, 0.2) is 11.5 Å². The van der Waals surface area contributed by atoms with E-state index < -0.39 is 0 Å². The first-order chi connectivity index (χ1) is 12.6. The summed E-state index contributed by atoms with van der Waals surface area (Å²) in [6, 6.07) is 4.98. The van der Waals surface area contributed by atoms with Gasteiger partial charge >= 0.3 is 0 Å². The van der Waals surface area contributed by atoms with Crippen LogP contribution in [-0.4, -0.2) is 25.5 Å². The summed E-state index contributed by atoms with van der Waals surface area (Å²) in [7, 11) is 1.53. The van der Waals surface area contributed by atoms with Crippen molar-refractivity contribution >= 4 is 11.8 Å². The number of carbonyl (C=O) groups excluding carboxylic acids is 2. The van der Waals surface area contributed by atoms with Gasteiger partial charge in [0.1, 0.15) is 0 Å². The third-order valence-electron chi connectivity index (χ3n) is 5.54. The van der Waals surface area contributed by atoms with E-state index in [1.54, 1.807) is 18.2 Å². The molecule has 0 aromatic heterocycles. The summed E-state index contributed by atoms with van der Waals surface area (Å²) in [6.07, 6.45) is 6.38. The molecule has 6 heteroatoms. The lowest BCUT2D eigenvalue weighted by molar-refractivity contribution is -0.123. The van der Waals surface area contributed by atoms with E-state index in [0.29, 0.717) is 41.9 Å². The molecule has 2 amide bonds. The van der Waals surface area contributed by atoms with E-state index in [4.69, 9.17) is 9.47 Å². The Labute approximate surface area is 154 Å². The quantitative estimate of drug-likeness (QED) is 0.733. The van der Waals surface area contributed by atoms with E-state index in [0.717, 1.165) is 18.8 Å². The lowest BCUT2D eigenvalue weighted by atomic mass is 9.86. The summed E-state index contributed by atoms with van der Waals surface area (Å²) in [6.45, 7) is 2.61. The summed E-state index contributed by atoms with van der Waals surface area (Å²) in [4.78, 5) is 24.4. The lowest BCUT2D eigenvalue weighted by Gasteiger charge is -2.21. The van der Waals surface area contributed by atoms with Crippen LogP contribution in [0.1, 0.15) is 55.8 Å². The van der Waals surface area contributed by atoms with Crippen LogP contribution in [-0.2, 0) is 4.79 Å². The van der Waals surface area contributed by atoms with E-state index in [9.17, 15) is 9.59 Å². The molecule has 2 fully saturated rings. The second-order valence-electron chi connectivity index (χ2n) is 7.36. The monoisotopic (exact) mass is 360 g/mol. The molecule has 3 atom stereocenters. The van der Waals surface area contributed by atoms with Gasteiger partial charge in [-0.1, -0.05) is 13.3 Å². The van der Waals surface area contributed by atoms with Crippen LogP contribution in [0.3, 0.4) is 0 Å². The smallest absolute Gasteiger partial charge is 0.269 e. The van der Waals surface area contributed by atoms with Crippen LogP contribution < -0.4 is 20.3 Å². The van der Waals surface area contributed by atoms with Gasteiger partial charge in [-0.25, -0.2) is 0 Å². The first-order valence-electron chi connectivity index (χ1n) is 9.50. The second-order valence-corrected chi connectivity index (χ2v) is 7.36. The maximum Gasteiger partial charge on any atom is 0.269 e. The summed E-state index contributed by atoms with van der Waals surface area (Å²) >= 11 is 0. The molecule has 3 rings (SSSR count). The van der Waals surface area contributed by atoms with E-state index in [2.05, 4.69) is 10.9 Å². The molecule has 0 aliphatic heterocycles. The number of hydrazine groups is 1. The largest absolute Gasteiger partial charge is 0.493 e. The average molecular weight is 360 g/mol.